The van der Waals surface area contributed by atoms with Gasteiger partial charge in [-0.05, 0) is 12.8 Å². The Morgan fingerprint density at radius 2 is 1.95 bits per heavy atom. The molecule has 20 heavy (non-hydrogen) atoms. The zero-order valence-corrected chi connectivity index (χ0v) is 13.3. The van der Waals surface area contributed by atoms with Gasteiger partial charge in [0, 0.05) is 19.4 Å². The maximum Gasteiger partial charge on any atom is 0.242 e. The highest BCUT2D eigenvalue weighted by molar-refractivity contribution is 5.86. The molecule has 1 aliphatic rings. The SMILES string of the molecule is CN(Cc1cnccn1)C(=O)C1(N)CCCCC1.Cl.Cl. The molecule has 1 saturated carbocycles. The molecule has 0 aromatic carbocycles. The van der Waals surface area contributed by atoms with Crippen LogP contribution in [-0.4, -0.2) is 33.4 Å². The zero-order chi connectivity index (χ0) is 13.0. The van der Waals surface area contributed by atoms with Crippen molar-refractivity contribution >= 4 is 30.7 Å². The molecule has 0 bridgehead atoms. The van der Waals surface area contributed by atoms with Gasteiger partial charge in [-0.1, -0.05) is 19.3 Å². The third-order valence-electron chi connectivity index (χ3n) is 3.53. The summed E-state index contributed by atoms with van der Waals surface area (Å²) in [5.41, 5.74) is 6.34. The minimum Gasteiger partial charge on any atom is -0.338 e. The molecule has 7 heteroatoms. The van der Waals surface area contributed by atoms with Gasteiger partial charge in [-0.15, -0.1) is 24.8 Å². The van der Waals surface area contributed by atoms with E-state index in [9.17, 15) is 4.79 Å². The summed E-state index contributed by atoms with van der Waals surface area (Å²) in [5, 5.41) is 0. The highest BCUT2D eigenvalue weighted by Crippen LogP contribution is 2.27. The van der Waals surface area contributed by atoms with E-state index in [1.54, 1.807) is 30.5 Å². The van der Waals surface area contributed by atoms with Crippen LogP contribution in [0.25, 0.3) is 0 Å². The van der Waals surface area contributed by atoms with Gasteiger partial charge in [0.2, 0.25) is 5.91 Å². The highest BCUT2D eigenvalue weighted by atomic mass is 35.5. The smallest absolute Gasteiger partial charge is 0.242 e. The minimum absolute atomic E-state index is 0. The summed E-state index contributed by atoms with van der Waals surface area (Å²) in [6.07, 6.45) is 9.77. The number of halogens is 2. The van der Waals surface area contributed by atoms with Crippen LogP contribution in [0.5, 0.6) is 0 Å². The maximum atomic E-state index is 12.4. The van der Waals surface area contributed by atoms with Crippen molar-refractivity contribution in [3.63, 3.8) is 0 Å². The van der Waals surface area contributed by atoms with Gasteiger partial charge in [0.25, 0.3) is 0 Å². The predicted octanol–water partition coefficient (Wildman–Crippen LogP) is 1.94. The maximum absolute atomic E-state index is 12.4. The lowest BCUT2D eigenvalue weighted by Crippen LogP contribution is -2.55. The third-order valence-corrected chi connectivity index (χ3v) is 3.53. The summed E-state index contributed by atoms with van der Waals surface area (Å²) in [6.45, 7) is 0.464. The van der Waals surface area contributed by atoms with Gasteiger partial charge in [0.1, 0.15) is 0 Å². The number of aromatic nitrogens is 2. The Morgan fingerprint density at radius 3 is 2.50 bits per heavy atom. The zero-order valence-electron chi connectivity index (χ0n) is 11.6. The molecule has 1 aromatic rings. The average molecular weight is 321 g/mol. The second-order valence-corrected chi connectivity index (χ2v) is 5.07. The van der Waals surface area contributed by atoms with Crippen molar-refractivity contribution in [2.45, 2.75) is 44.2 Å². The van der Waals surface area contributed by atoms with Crippen LogP contribution in [-0.2, 0) is 11.3 Å². The number of nitrogens with zero attached hydrogens (tertiary/aromatic N) is 3. The Bertz CT molecular complexity index is 410. The van der Waals surface area contributed by atoms with E-state index in [0.29, 0.717) is 6.54 Å². The third kappa shape index (κ3) is 4.58. The summed E-state index contributed by atoms with van der Waals surface area (Å²) < 4.78 is 0. The van der Waals surface area contributed by atoms with E-state index in [2.05, 4.69) is 9.97 Å². The van der Waals surface area contributed by atoms with Crippen molar-refractivity contribution in [2.75, 3.05) is 7.05 Å². The summed E-state index contributed by atoms with van der Waals surface area (Å²) in [4.78, 5) is 22.2. The van der Waals surface area contributed by atoms with Crippen molar-refractivity contribution in [2.24, 2.45) is 5.73 Å². The largest absolute Gasteiger partial charge is 0.338 e. The highest BCUT2D eigenvalue weighted by Gasteiger charge is 2.37. The first-order valence-electron chi connectivity index (χ1n) is 6.41. The van der Waals surface area contributed by atoms with E-state index in [0.717, 1.165) is 31.4 Å². The van der Waals surface area contributed by atoms with E-state index in [1.807, 2.05) is 0 Å². The van der Waals surface area contributed by atoms with Gasteiger partial charge in [-0.2, -0.15) is 0 Å². The van der Waals surface area contributed by atoms with E-state index in [4.69, 9.17) is 5.73 Å². The number of hydrogen-bond acceptors (Lipinski definition) is 4. The van der Waals surface area contributed by atoms with Crippen molar-refractivity contribution in [3.8, 4) is 0 Å². The van der Waals surface area contributed by atoms with Crippen LogP contribution in [0.1, 0.15) is 37.8 Å². The van der Waals surface area contributed by atoms with Crippen LogP contribution in [0.15, 0.2) is 18.6 Å². The Morgan fingerprint density at radius 1 is 1.30 bits per heavy atom. The van der Waals surface area contributed by atoms with Crippen LogP contribution in [0.2, 0.25) is 0 Å². The number of rotatable bonds is 3. The molecule has 1 amide bonds. The lowest BCUT2D eigenvalue weighted by Gasteiger charge is -2.35. The topological polar surface area (TPSA) is 72.1 Å². The molecule has 0 atom stereocenters. The van der Waals surface area contributed by atoms with Crippen molar-refractivity contribution < 1.29 is 4.79 Å². The van der Waals surface area contributed by atoms with Crippen LogP contribution in [0.3, 0.4) is 0 Å². The first-order valence-corrected chi connectivity index (χ1v) is 6.41. The molecule has 0 unspecified atom stereocenters. The monoisotopic (exact) mass is 320 g/mol. The molecule has 0 spiro atoms. The summed E-state index contributed by atoms with van der Waals surface area (Å²) in [6, 6.07) is 0. The molecular weight excluding hydrogens is 299 g/mol. The molecule has 1 aliphatic carbocycles. The van der Waals surface area contributed by atoms with Gasteiger partial charge in [0.05, 0.1) is 24.0 Å². The van der Waals surface area contributed by atoms with Gasteiger partial charge in [0.15, 0.2) is 0 Å². The van der Waals surface area contributed by atoms with Crippen LogP contribution < -0.4 is 5.73 Å². The van der Waals surface area contributed by atoms with Crippen LogP contribution >= 0.6 is 24.8 Å². The molecule has 0 radical (unpaired) electrons. The summed E-state index contributed by atoms with van der Waals surface area (Å²) >= 11 is 0. The fourth-order valence-electron chi connectivity index (χ4n) is 2.50. The molecule has 1 heterocycles. The van der Waals surface area contributed by atoms with Gasteiger partial charge in [-0.3, -0.25) is 14.8 Å². The lowest BCUT2D eigenvalue weighted by atomic mass is 9.81. The Labute approximate surface area is 132 Å². The minimum atomic E-state index is -0.671. The van der Waals surface area contributed by atoms with Crippen LogP contribution in [0.4, 0.5) is 0 Å². The number of hydrogen-bond donors (Lipinski definition) is 1. The fourth-order valence-corrected chi connectivity index (χ4v) is 2.50. The molecule has 114 valence electrons. The molecule has 2 rings (SSSR count). The van der Waals surface area contributed by atoms with Crippen molar-refractivity contribution in [1.82, 2.24) is 14.9 Å². The fraction of sp³-hybridized carbons (Fsp3) is 0.615. The first-order chi connectivity index (χ1) is 8.62. The summed E-state index contributed by atoms with van der Waals surface area (Å²) in [5.74, 6) is 0.0212. The van der Waals surface area contributed by atoms with E-state index < -0.39 is 5.54 Å². The van der Waals surface area contributed by atoms with Gasteiger partial charge in [-0.25, -0.2) is 0 Å². The number of nitrogens with two attached hydrogens (primary N) is 1. The Hall–Kier alpha value is -0.910. The second kappa shape index (κ2) is 8.39. The molecule has 2 N–H and O–H groups in total. The number of likely N-dealkylation sites (N-methyl/N-ethyl adjacent to an activating group) is 1. The second-order valence-electron chi connectivity index (χ2n) is 5.07. The van der Waals surface area contributed by atoms with Gasteiger partial charge < -0.3 is 10.6 Å². The lowest BCUT2D eigenvalue weighted by molar-refractivity contribution is -0.137. The number of carbonyl (C=O) groups is 1. The molecule has 5 nitrogen and oxygen atoms in total. The van der Waals surface area contributed by atoms with E-state index in [-0.39, 0.29) is 30.7 Å². The number of amides is 1. The molecule has 0 saturated heterocycles. The first kappa shape index (κ1) is 19.1. The van der Waals surface area contributed by atoms with E-state index in [1.165, 1.54) is 6.42 Å². The number of carbonyl (C=O) groups excluding carboxylic acids is 1. The Balaban J connectivity index is 0.00000180. The molecular formula is C13H22Cl2N4O. The van der Waals surface area contributed by atoms with Crippen molar-refractivity contribution in [1.29, 1.82) is 0 Å². The predicted molar refractivity (Wildman–Crippen MR) is 83.0 cm³/mol. The summed E-state index contributed by atoms with van der Waals surface area (Å²) in [7, 11) is 1.78. The molecule has 0 aliphatic heterocycles. The normalized spacial score (nSPS) is 16.5. The average Bonchev–Trinajstić information content (AvgIpc) is 2.40. The van der Waals surface area contributed by atoms with E-state index >= 15 is 0 Å². The van der Waals surface area contributed by atoms with Crippen molar-refractivity contribution in [3.05, 3.63) is 24.3 Å². The Kier molecular flexibility index (Phi) is 8.01. The molecule has 1 fully saturated rings. The van der Waals surface area contributed by atoms with Crippen LogP contribution in [0, 0.1) is 0 Å². The quantitative estimate of drug-likeness (QED) is 0.923. The standard InChI is InChI=1S/C13H20N4O.2ClH/c1-17(10-11-9-15-7-8-16-11)12(18)13(14)5-3-2-4-6-13;;/h7-9H,2-6,10,14H2,1H3;2*1H. The molecule has 1 aromatic heterocycles. The van der Waals surface area contributed by atoms with Gasteiger partial charge >= 0.3 is 0 Å².